The molecule has 6 atom stereocenters. The summed E-state index contributed by atoms with van der Waals surface area (Å²) in [5.41, 5.74) is -0.585. The first-order valence-corrected chi connectivity index (χ1v) is 9.33. The maximum absolute atomic E-state index is 12.5. The Morgan fingerprint density at radius 2 is 2.19 bits per heavy atom. The van der Waals surface area contributed by atoms with Crippen LogP contribution in [0.3, 0.4) is 0 Å². The molecule has 3 rings (SSSR count). The van der Waals surface area contributed by atoms with Gasteiger partial charge in [-0.3, -0.25) is 9.36 Å². The molecular formula is C18H27N3O6. The number of amides is 1. The van der Waals surface area contributed by atoms with Crippen molar-refractivity contribution in [3.05, 3.63) is 22.7 Å². The Labute approximate surface area is 157 Å². The molecule has 0 radical (unpaired) electrons. The molecule has 2 fully saturated rings. The van der Waals surface area contributed by atoms with Crippen LogP contribution in [0, 0.1) is 0 Å². The van der Waals surface area contributed by atoms with Gasteiger partial charge >= 0.3 is 5.69 Å². The van der Waals surface area contributed by atoms with Crippen molar-refractivity contribution >= 4 is 11.7 Å². The van der Waals surface area contributed by atoms with Crippen molar-refractivity contribution in [2.75, 3.05) is 12.4 Å². The molecule has 2 N–H and O–H groups in total. The number of carbonyl (C=O) groups is 1. The zero-order chi connectivity index (χ0) is 19.6. The summed E-state index contributed by atoms with van der Waals surface area (Å²) in [4.78, 5) is 27.5. The number of hydrogen-bond donors (Lipinski definition) is 2. The summed E-state index contributed by atoms with van der Waals surface area (Å²) in [6.07, 6.45) is 1.81. The number of nitrogens with one attached hydrogen (secondary N) is 1. The van der Waals surface area contributed by atoms with E-state index >= 15 is 0 Å². The highest BCUT2D eigenvalue weighted by atomic mass is 16.6. The average molecular weight is 381 g/mol. The molecule has 1 unspecified atom stereocenters. The van der Waals surface area contributed by atoms with E-state index in [2.05, 4.69) is 10.3 Å². The molecule has 1 aliphatic carbocycles. The largest absolute Gasteiger partial charge is 0.388 e. The molecule has 1 amide bonds. The van der Waals surface area contributed by atoms with E-state index in [1.54, 1.807) is 7.11 Å². The lowest BCUT2D eigenvalue weighted by atomic mass is 10.1. The standard InChI is InChI=1S/C18H27N3O6/c1-4-11-15(23)16(26-13-7-5-6-12(13)25-3)17(27-11)21-9-8-14(19-10(2)22)20-18(21)24/h8-9,11-13,15-17,23H,4-7H2,1-3H3,(H,19,20,22,24)/t11-,12-,13-,15?,16+,17-/m1/s1. The highest BCUT2D eigenvalue weighted by Crippen LogP contribution is 2.36. The molecule has 150 valence electrons. The van der Waals surface area contributed by atoms with E-state index < -0.39 is 30.2 Å². The molecule has 1 aromatic rings. The van der Waals surface area contributed by atoms with E-state index in [0.717, 1.165) is 19.3 Å². The molecule has 0 spiro atoms. The number of methoxy groups -OCH3 is 1. The second-order valence-corrected chi connectivity index (χ2v) is 6.99. The minimum absolute atomic E-state index is 0.0319. The number of aliphatic hydroxyl groups is 1. The second-order valence-electron chi connectivity index (χ2n) is 6.99. The molecule has 0 bridgehead atoms. The molecule has 0 aromatic carbocycles. The van der Waals surface area contributed by atoms with E-state index in [1.165, 1.54) is 23.8 Å². The fraction of sp³-hybridized carbons (Fsp3) is 0.722. The summed E-state index contributed by atoms with van der Waals surface area (Å²) in [5.74, 6) is -0.145. The number of carbonyl (C=O) groups excluding carboxylic acids is 1. The first-order chi connectivity index (χ1) is 12.9. The fourth-order valence-corrected chi connectivity index (χ4v) is 3.80. The quantitative estimate of drug-likeness (QED) is 0.750. The van der Waals surface area contributed by atoms with Crippen LogP contribution in [0.2, 0.25) is 0 Å². The number of rotatable bonds is 6. The van der Waals surface area contributed by atoms with Gasteiger partial charge in [0.15, 0.2) is 6.23 Å². The summed E-state index contributed by atoms with van der Waals surface area (Å²) < 4.78 is 18.9. The van der Waals surface area contributed by atoms with E-state index in [-0.39, 0.29) is 23.9 Å². The summed E-state index contributed by atoms with van der Waals surface area (Å²) in [5, 5.41) is 13.2. The molecule has 27 heavy (non-hydrogen) atoms. The normalized spacial score (nSPS) is 33.3. The second kappa shape index (κ2) is 8.47. The van der Waals surface area contributed by atoms with Gasteiger partial charge in [0.2, 0.25) is 5.91 Å². The molecule has 2 heterocycles. The van der Waals surface area contributed by atoms with Crippen LogP contribution in [0.4, 0.5) is 5.82 Å². The smallest absolute Gasteiger partial charge is 0.351 e. The van der Waals surface area contributed by atoms with Gasteiger partial charge in [-0.05, 0) is 31.7 Å². The Balaban J connectivity index is 1.85. The van der Waals surface area contributed by atoms with E-state index in [1.807, 2.05) is 6.92 Å². The topological polar surface area (TPSA) is 112 Å². The number of ether oxygens (including phenoxy) is 3. The van der Waals surface area contributed by atoms with Gasteiger partial charge in [-0.1, -0.05) is 6.92 Å². The van der Waals surface area contributed by atoms with Gasteiger partial charge in [-0.25, -0.2) is 4.79 Å². The van der Waals surface area contributed by atoms with Gasteiger partial charge in [0.25, 0.3) is 0 Å². The zero-order valence-corrected chi connectivity index (χ0v) is 15.8. The van der Waals surface area contributed by atoms with Crippen LogP contribution in [-0.4, -0.2) is 58.2 Å². The van der Waals surface area contributed by atoms with Gasteiger partial charge in [0.1, 0.15) is 18.0 Å². The number of anilines is 1. The number of nitrogens with zero attached hydrogens (tertiary/aromatic N) is 2. The van der Waals surface area contributed by atoms with Crippen molar-refractivity contribution in [3.8, 4) is 0 Å². The predicted molar refractivity (Wildman–Crippen MR) is 96.3 cm³/mol. The number of aromatic nitrogens is 2. The van der Waals surface area contributed by atoms with Crippen LogP contribution in [-0.2, 0) is 19.0 Å². The Hall–Kier alpha value is -1.81. The Bertz CT molecular complexity index is 723. The zero-order valence-electron chi connectivity index (χ0n) is 15.8. The lowest BCUT2D eigenvalue weighted by molar-refractivity contribution is -0.130. The van der Waals surface area contributed by atoms with Crippen molar-refractivity contribution in [3.63, 3.8) is 0 Å². The highest BCUT2D eigenvalue weighted by Gasteiger charge is 2.47. The van der Waals surface area contributed by atoms with Gasteiger partial charge in [0, 0.05) is 20.2 Å². The first-order valence-electron chi connectivity index (χ1n) is 9.33. The summed E-state index contributed by atoms with van der Waals surface area (Å²) in [7, 11) is 1.65. The SMILES string of the molecule is CC[C@H]1O[C@@H](n2ccc(NC(C)=O)nc2=O)[C@@H](O[C@@H]2CCC[C@H]2OC)C1O. The molecule has 2 aliphatic rings. The molecule has 1 aromatic heterocycles. The van der Waals surface area contributed by atoms with Gasteiger partial charge in [-0.2, -0.15) is 4.98 Å². The lowest BCUT2D eigenvalue weighted by Gasteiger charge is -2.28. The molecular weight excluding hydrogens is 354 g/mol. The van der Waals surface area contributed by atoms with E-state index in [4.69, 9.17) is 14.2 Å². The Morgan fingerprint density at radius 1 is 1.44 bits per heavy atom. The van der Waals surface area contributed by atoms with Crippen LogP contribution >= 0.6 is 0 Å². The average Bonchev–Trinajstić information content (AvgIpc) is 3.20. The number of hydrogen-bond acceptors (Lipinski definition) is 7. The monoisotopic (exact) mass is 381 g/mol. The summed E-state index contributed by atoms with van der Waals surface area (Å²) >= 11 is 0. The molecule has 1 saturated heterocycles. The van der Waals surface area contributed by atoms with Gasteiger partial charge in [0.05, 0.1) is 18.3 Å². The van der Waals surface area contributed by atoms with E-state index in [9.17, 15) is 14.7 Å². The maximum atomic E-state index is 12.5. The summed E-state index contributed by atoms with van der Waals surface area (Å²) in [6, 6.07) is 1.52. The lowest BCUT2D eigenvalue weighted by Crippen LogP contribution is -2.41. The predicted octanol–water partition coefficient (Wildman–Crippen LogP) is 0.823. The minimum Gasteiger partial charge on any atom is -0.388 e. The van der Waals surface area contributed by atoms with Crippen LogP contribution < -0.4 is 11.0 Å². The van der Waals surface area contributed by atoms with Gasteiger partial charge < -0.3 is 24.6 Å². The van der Waals surface area contributed by atoms with Crippen LogP contribution in [0.1, 0.15) is 45.8 Å². The first kappa shape index (κ1) is 19.9. The molecule has 1 saturated carbocycles. The van der Waals surface area contributed by atoms with Gasteiger partial charge in [-0.15, -0.1) is 0 Å². The molecule has 9 heteroatoms. The third-order valence-corrected chi connectivity index (χ3v) is 5.15. The van der Waals surface area contributed by atoms with Crippen molar-refractivity contribution in [2.45, 2.75) is 76.3 Å². The third kappa shape index (κ3) is 4.21. The highest BCUT2D eigenvalue weighted by molar-refractivity contribution is 5.87. The Morgan fingerprint density at radius 3 is 2.81 bits per heavy atom. The Kier molecular flexibility index (Phi) is 6.25. The minimum atomic E-state index is -0.861. The van der Waals surface area contributed by atoms with Crippen molar-refractivity contribution in [1.29, 1.82) is 0 Å². The van der Waals surface area contributed by atoms with Crippen LogP contribution in [0.5, 0.6) is 0 Å². The molecule has 1 aliphatic heterocycles. The third-order valence-electron chi connectivity index (χ3n) is 5.15. The fourth-order valence-electron chi connectivity index (χ4n) is 3.80. The summed E-state index contributed by atoms with van der Waals surface area (Å²) in [6.45, 7) is 3.24. The van der Waals surface area contributed by atoms with Crippen LogP contribution in [0.15, 0.2) is 17.1 Å². The van der Waals surface area contributed by atoms with Crippen molar-refractivity contribution in [2.24, 2.45) is 0 Å². The van der Waals surface area contributed by atoms with E-state index in [0.29, 0.717) is 6.42 Å². The molecule has 9 nitrogen and oxygen atoms in total. The number of aliphatic hydroxyl groups excluding tert-OH is 1. The van der Waals surface area contributed by atoms with Crippen molar-refractivity contribution in [1.82, 2.24) is 9.55 Å². The maximum Gasteiger partial charge on any atom is 0.351 e. The van der Waals surface area contributed by atoms with Crippen molar-refractivity contribution < 1.29 is 24.1 Å². The van der Waals surface area contributed by atoms with Crippen LogP contribution in [0.25, 0.3) is 0 Å².